The highest BCUT2D eigenvalue weighted by Gasteiger charge is 1.34. The molecule has 0 aromatic carbocycles. The molecule has 0 radical (unpaired) electrons. The summed E-state index contributed by atoms with van der Waals surface area (Å²) < 4.78 is 0. The maximum atomic E-state index is 2.68. The van der Waals surface area contributed by atoms with Crippen molar-refractivity contribution in [3.63, 3.8) is 0 Å². The first-order valence-corrected chi connectivity index (χ1v) is 2.74. The lowest BCUT2D eigenvalue weighted by Crippen LogP contribution is -1.28. The largest absolute Gasteiger partial charge is 0.107 e. The number of rotatable bonds is 0. The second-order valence-electron chi connectivity index (χ2n) is 1.17. The molecule has 0 aliphatic rings. The number of hydrogen-bond acceptors (Lipinski definition) is 0. The zero-order valence-electron chi connectivity index (χ0n) is 6.15. The molecule has 0 aromatic rings. The van der Waals surface area contributed by atoms with Crippen LogP contribution < -0.4 is 0 Å². The maximum Gasteiger partial charge on any atom is -0.00271 e. The van der Waals surface area contributed by atoms with Gasteiger partial charge in [-0.1, -0.05) is 12.2 Å². The standard InChI is InChI=1S/C4H8.C4H6/c2*1-3-4-2/h3-4H,1-2H3;1-2H3/b4-3+;. The van der Waals surface area contributed by atoms with Gasteiger partial charge in [0.05, 0.1) is 0 Å². The van der Waals surface area contributed by atoms with Gasteiger partial charge in [0.25, 0.3) is 0 Å². The molecular weight excluding hydrogens is 96.1 g/mol. The Labute approximate surface area is 52.6 Å². The van der Waals surface area contributed by atoms with Crippen molar-refractivity contribution >= 4 is 0 Å². The van der Waals surface area contributed by atoms with Gasteiger partial charge in [0.1, 0.15) is 0 Å². The first kappa shape index (κ1) is 10.3. The van der Waals surface area contributed by atoms with Gasteiger partial charge in [0.2, 0.25) is 0 Å². The minimum atomic E-state index is 1.82. The van der Waals surface area contributed by atoms with Gasteiger partial charge in [0.15, 0.2) is 0 Å². The molecule has 0 N–H and O–H groups in total. The molecule has 0 bridgehead atoms. The van der Waals surface area contributed by atoms with Crippen molar-refractivity contribution in [3.8, 4) is 11.8 Å². The van der Waals surface area contributed by atoms with E-state index in [1.807, 2.05) is 39.8 Å². The van der Waals surface area contributed by atoms with E-state index in [1.165, 1.54) is 0 Å². The van der Waals surface area contributed by atoms with Gasteiger partial charge in [0, 0.05) is 0 Å². The molecule has 0 heteroatoms. The molecule has 0 saturated carbocycles. The molecule has 46 valence electrons. The van der Waals surface area contributed by atoms with E-state index in [4.69, 9.17) is 0 Å². The normalized spacial score (nSPS) is 6.50. The third-order valence-corrected chi connectivity index (χ3v) is 0.583. The molecule has 0 saturated heterocycles. The Morgan fingerprint density at radius 2 is 1.12 bits per heavy atom. The van der Waals surface area contributed by atoms with E-state index in [0.717, 1.165) is 0 Å². The molecule has 0 unspecified atom stereocenters. The molecule has 0 rings (SSSR count). The van der Waals surface area contributed by atoms with E-state index in [-0.39, 0.29) is 0 Å². The highest BCUT2D eigenvalue weighted by Crippen LogP contribution is 1.57. The van der Waals surface area contributed by atoms with Gasteiger partial charge in [-0.3, -0.25) is 0 Å². The van der Waals surface area contributed by atoms with Crippen molar-refractivity contribution < 1.29 is 0 Å². The Bertz CT molecular complexity index is 78.3. The molecule has 0 fully saturated rings. The Hall–Kier alpha value is -0.700. The highest BCUT2D eigenvalue weighted by molar-refractivity contribution is 4.89. The number of hydrogen-bond donors (Lipinski definition) is 0. The molecule has 0 aromatic heterocycles. The monoisotopic (exact) mass is 110 g/mol. The molecule has 0 aliphatic heterocycles. The molecule has 0 amide bonds. The maximum absolute atomic E-state index is 2.68. The van der Waals surface area contributed by atoms with Crippen LogP contribution in [0.15, 0.2) is 12.2 Å². The molecular formula is C8H14. The van der Waals surface area contributed by atoms with Crippen molar-refractivity contribution in [1.82, 2.24) is 0 Å². The summed E-state index contributed by atoms with van der Waals surface area (Å²) in [6.07, 6.45) is 4.00. The Balaban J connectivity index is 0. The van der Waals surface area contributed by atoms with Crippen LogP contribution in [0.5, 0.6) is 0 Å². The summed E-state index contributed by atoms with van der Waals surface area (Å²) in [6.45, 7) is 7.64. The smallest absolute Gasteiger partial charge is 0.00271 e. The van der Waals surface area contributed by atoms with E-state index < -0.39 is 0 Å². The van der Waals surface area contributed by atoms with Crippen LogP contribution in [0.25, 0.3) is 0 Å². The Morgan fingerprint density at radius 1 is 0.875 bits per heavy atom. The lowest BCUT2D eigenvalue weighted by molar-refractivity contribution is 1.64. The fourth-order valence-electron chi connectivity index (χ4n) is 0. The summed E-state index contributed by atoms with van der Waals surface area (Å²) in [4.78, 5) is 0. The zero-order valence-corrected chi connectivity index (χ0v) is 6.15. The molecule has 8 heavy (non-hydrogen) atoms. The van der Waals surface area contributed by atoms with Crippen LogP contribution in [-0.4, -0.2) is 0 Å². The van der Waals surface area contributed by atoms with Gasteiger partial charge >= 0.3 is 0 Å². The molecule has 0 atom stereocenters. The summed E-state index contributed by atoms with van der Waals surface area (Å²) in [5.74, 6) is 5.36. The predicted octanol–water partition coefficient (Wildman–Crippen LogP) is 2.61. The summed E-state index contributed by atoms with van der Waals surface area (Å²) in [5, 5.41) is 0. The van der Waals surface area contributed by atoms with Gasteiger partial charge in [-0.05, 0) is 27.7 Å². The summed E-state index contributed by atoms with van der Waals surface area (Å²) in [6, 6.07) is 0. The van der Waals surface area contributed by atoms with Crippen LogP contribution >= 0.6 is 0 Å². The first-order valence-electron chi connectivity index (χ1n) is 2.74. The topological polar surface area (TPSA) is 0 Å². The average molecular weight is 110 g/mol. The van der Waals surface area contributed by atoms with E-state index in [1.54, 1.807) is 0 Å². The fraction of sp³-hybridized carbons (Fsp3) is 0.500. The van der Waals surface area contributed by atoms with Crippen LogP contribution in [0.1, 0.15) is 27.7 Å². The van der Waals surface area contributed by atoms with E-state index >= 15 is 0 Å². The van der Waals surface area contributed by atoms with Crippen molar-refractivity contribution in [2.45, 2.75) is 27.7 Å². The van der Waals surface area contributed by atoms with Crippen molar-refractivity contribution in [2.24, 2.45) is 0 Å². The van der Waals surface area contributed by atoms with Gasteiger partial charge in [-0.25, -0.2) is 0 Å². The zero-order chi connectivity index (χ0) is 6.83. The van der Waals surface area contributed by atoms with Crippen LogP contribution in [0.2, 0.25) is 0 Å². The lowest BCUT2D eigenvalue weighted by Gasteiger charge is -1.49. The first-order chi connectivity index (χ1) is 3.83. The third-order valence-electron chi connectivity index (χ3n) is 0.583. The third kappa shape index (κ3) is 58.0. The average Bonchev–Trinajstić information content (AvgIpc) is 1.88. The van der Waals surface area contributed by atoms with E-state index in [2.05, 4.69) is 11.8 Å². The van der Waals surface area contributed by atoms with E-state index in [9.17, 15) is 0 Å². The minimum Gasteiger partial charge on any atom is -0.107 e. The van der Waals surface area contributed by atoms with Crippen LogP contribution in [-0.2, 0) is 0 Å². The molecule has 0 aliphatic carbocycles. The van der Waals surface area contributed by atoms with Crippen molar-refractivity contribution in [1.29, 1.82) is 0 Å². The summed E-state index contributed by atoms with van der Waals surface area (Å²) in [5.41, 5.74) is 0. The summed E-state index contributed by atoms with van der Waals surface area (Å²) >= 11 is 0. The quantitative estimate of drug-likeness (QED) is 0.332. The molecule has 0 spiro atoms. The minimum absolute atomic E-state index is 1.82. The second kappa shape index (κ2) is 16.3. The lowest BCUT2D eigenvalue weighted by atomic mass is 10.6. The SMILES string of the molecule is C/C=C/C.CC#CC. The van der Waals surface area contributed by atoms with Crippen LogP contribution in [0.4, 0.5) is 0 Å². The molecule has 0 heterocycles. The summed E-state index contributed by atoms with van der Waals surface area (Å²) in [7, 11) is 0. The van der Waals surface area contributed by atoms with Gasteiger partial charge in [-0.15, -0.1) is 11.8 Å². The van der Waals surface area contributed by atoms with Crippen molar-refractivity contribution in [2.75, 3.05) is 0 Å². The van der Waals surface area contributed by atoms with E-state index in [0.29, 0.717) is 0 Å². The Kier molecular flexibility index (Phi) is 21.0. The molecule has 0 nitrogen and oxygen atoms in total. The van der Waals surface area contributed by atoms with Crippen LogP contribution in [0.3, 0.4) is 0 Å². The van der Waals surface area contributed by atoms with Crippen molar-refractivity contribution in [3.05, 3.63) is 12.2 Å². The predicted molar refractivity (Wildman–Crippen MR) is 39.6 cm³/mol. The highest BCUT2D eigenvalue weighted by atomic mass is 13.4. The number of allylic oxidation sites excluding steroid dienone is 2. The fourth-order valence-corrected chi connectivity index (χ4v) is 0. The van der Waals surface area contributed by atoms with Gasteiger partial charge < -0.3 is 0 Å². The Morgan fingerprint density at radius 3 is 1.12 bits per heavy atom. The second-order valence-corrected chi connectivity index (χ2v) is 1.17. The van der Waals surface area contributed by atoms with Gasteiger partial charge in [-0.2, -0.15) is 0 Å². The van der Waals surface area contributed by atoms with Crippen LogP contribution in [0, 0.1) is 11.8 Å².